The van der Waals surface area contributed by atoms with E-state index in [2.05, 4.69) is 4.72 Å². The van der Waals surface area contributed by atoms with Gasteiger partial charge in [0.2, 0.25) is 10.0 Å². The van der Waals surface area contributed by atoms with Gasteiger partial charge in [0.05, 0.1) is 4.90 Å². The molecule has 7 heteroatoms. The summed E-state index contributed by atoms with van der Waals surface area (Å²) < 4.78 is 39.5. The van der Waals surface area contributed by atoms with Crippen LogP contribution in [0.3, 0.4) is 0 Å². The van der Waals surface area contributed by atoms with E-state index in [0.717, 1.165) is 18.2 Å². The second-order valence-electron chi connectivity index (χ2n) is 5.46. The van der Waals surface area contributed by atoms with Crippen LogP contribution in [0.1, 0.15) is 26.7 Å². The molecular formula is C13H20FNO4S. The Kier molecular flexibility index (Phi) is 5.50. The summed E-state index contributed by atoms with van der Waals surface area (Å²) in [5, 5.41) is 18.0. The molecule has 20 heavy (non-hydrogen) atoms. The van der Waals surface area contributed by atoms with Gasteiger partial charge in [-0.1, -0.05) is 13.8 Å². The number of sulfonamides is 1. The van der Waals surface area contributed by atoms with Gasteiger partial charge in [0.25, 0.3) is 0 Å². The maximum atomic E-state index is 13.1. The van der Waals surface area contributed by atoms with Gasteiger partial charge in [0.1, 0.15) is 11.6 Å². The number of aliphatic hydroxyl groups is 1. The molecule has 0 heterocycles. The maximum Gasteiger partial charge on any atom is 0.240 e. The van der Waals surface area contributed by atoms with Gasteiger partial charge >= 0.3 is 0 Å². The molecule has 0 radical (unpaired) electrons. The van der Waals surface area contributed by atoms with Crippen molar-refractivity contribution in [2.75, 3.05) is 13.2 Å². The lowest BCUT2D eigenvalue weighted by atomic mass is 9.88. The Labute approximate surface area is 118 Å². The van der Waals surface area contributed by atoms with Crippen LogP contribution in [0, 0.1) is 11.2 Å². The first kappa shape index (κ1) is 16.9. The summed E-state index contributed by atoms with van der Waals surface area (Å²) >= 11 is 0. The first-order valence-corrected chi connectivity index (χ1v) is 7.75. The lowest BCUT2D eigenvalue weighted by molar-refractivity contribution is 0.242. The molecule has 0 aliphatic heterocycles. The van der Waals surface area contributed by atoms with Crippen molar-refractivity contribution in [2.24, 2.45) is 5.41 Å². The second kappa shape index (κ2) is 6.51. The van der Waals surface area contributed by atoms with E-state index in [4.69, 9.17) is 5.11 Å². The van der Waals surface area contributed by atoms with E-state index >= 15 is 0 Å². The van der Waals surface area contributed by atoms with Crippen LogP contribution in [-0.4, -0.2) is 31.8 Å². The zero-order valence-corrected chi connectivity index (χ0v) is 12.4. The molecule has 1 rings (SSSR count). The van der Waals surface area contributed by atoms with Gasteiger partial charge in [-0.05, 0) is 24.3 Å². The zero-order valence-electron chi connectivity index (χ0n) is 11.6. The highest BCUT2D eigenvalue weighted by Gasteiger charge is 2.22. The van der Waals surface area contributed by atoms with E-state index in [9.17, 15) is 17.9 Å². The summed E-state index contributed by atoms with van der Waals surface area (Å²) in [4.78, 5) is -0.312. The number of aromatic hydroxyl groups is 1. The van der Waals surface area contributed by atoms with Crippen molar-refractivity contribution >= 4 is 10.0 Å². The van der Waals surface area contributed by atoms with E-state index < -0.39 is 21.6 Å². The van der Waals surface area contributed by atoms with Gasteiger partial charge < -0.3 is 10.2 Å². The molecule has 0 bridgehead atoms. The molecule has 114 valence electrons. The number of benzene rings is 1. The Balaban J connectivity index is 2.80. The monoisotopic (exact) mass is 305 g/mol. The van der Waals surface area contributed by atoms with E-state index in [-0.39, 0.29) is 23.5 Å². The molecular weight excluding hydrogens is 285 g/mol. The molecule has 0 aromatic heterocycles. The molecule has 1 aromatic rings. The number of hydrogen-bond donors (Lipinski definition) is 3. The number of hydrogen-bond acceptors (Lipinski definition) is 4. The largest absolute Gasteiger partial charge is 0.508 e. The summed E-state index contributed by atoms with van der Waals surface area (Å²) in [6, 6.07) is 2.68. The van der Waals surface area contributed by atoms with Crippen LogP contribution in [0.25, 0.3) is 0 Å². The summed E-state index contributed by atoms with van der Waals surface area (Å²) in [6.45, 7) is 3.95. The minimum absolute atomic E-state index is 0.0496. The van der Waals surface area contributed by atoms with Gasteiger partial charge in [-0.3, -0.25) is 0 Å². The zero-order chi connectivity index (χ0) is 15.4. The summed E-state index contributed by atoms with van der Waals surface area (Å²) in [7, 11) is -3.88. The molecule has 0 saturated heterocycles. The van der Waals surface area contributed by atoms with Crippen molar-refractivity contribution < 1.29 is 23.0 Å². The molecule has 0 spiro atoms. The number of rotatable bonds is 7. The average molecular weight is 305 g/mol. The SMILES string of the molecule is CC(C)(CCCO)CNS(=O)(=O)c1cc(O)cc(F)c1. The third-order valence-corrected chi connectivity index (χ3v) is 4.30. The molecule has 0 aliphatic carbocycles. The molecule has 0 unspecified atom stereocenters. The van der Waals surface area contributed by atoms with Crippen LogP contribution >= 0.6 is 0 Å². The van der Waals surface area contributed by atoms with Crippen LogP contribution in [0.4, 0.5) is 4.39 Å². The van der Waals surface area contributed by atoms with Crippen LogP contribution in [0.5, 0.6) is 5.75 Å². The van der Waals surface area contributed by atoms with Gasteiger partial charge in [-0.15, -0.1) is 0 Å². The first-order valence-electron chi connectivity index (χ1n) is 6.26. The van der Waals surface area contributed by atoms with Crippen molar-refractivity contribution in [1.82, 2.24) is 4.72 Å². The predicted octanol–water partition coefficient (Wildman–Crippen LogP) is 1.61. The smallest absolute Gasteiger partial charge is 0.240 e. The Morgan fingerprint density at radius 2 is 1.95 bits per heavy atom. The molecule has 0 fully saturated rings. The Morgan fingerprint density at radius 3 is 2.50 bits per heavy atom. The van der Waals surface area contributed by atoms with E-state index in [1.165, 1.54) is 0 Å². The summed E-state index contributed by atoms with van der Waals surface area (Å²) in [5.41, 5.74) is -0.328. The Morgan fingerprint density at radius 1 is 1.30 bits per heavy atom. The van der Waals surface area contributed by atoms with Crippen LogP contribution < -0.4 is 4.72 Å². The first-order chi connectivity index (χ1) is 9.16. The lowest BCUT2D eigenvalue weighted by Crippen LogP contribution is -2.34. The molecule has 0 saturated carbocycles. The molecule has 0 atom stereocenters. The van der Waals surface area contributed by atoms with Gasteiger partial charge in [-0.2, -0.15) is 0 Å². The Hall–Kier alpha value is -1.18. The number of phenols is 1. The molecule has 0 aliphatic rings. The average Bonchev–Trinajstić information content (AvgIpc) is 2.33. The third kappa shape index (κ3) is 5.07. The van der Waals surface area contributed by atoms with Crippen molar-refractivity contribution in [3.05, 3.63) is 24.0 Å². The quantitative estimate of drug-likeness (QED) is 0.714. The molecule has 3 N–H and O–H groups in total. The fraction of sp³-hybridized carbons (Fsp3) is 0.538. The Bertz CT molecular complexity index is 537. The fourth-order valence-corrected chi connectivity index (χ4v) is 3.01. The van der Waals surface area contributed by atoms with Crippen molar-refractivity contribution in [1.29, 1.82) is 0 Å². The normalized spacial score (nSPS) is 12.6. The summed E-state index contributed by atoms with van der Waals surface area (Å²) in [5.74, 6) is -1.25. The number of nitrogens with one attached hydrogen (secondary N) is 1. The van der Waals surface area contributed by atoms with E-state index in [1.54, 1.807) is 0 Å². The van der Waals surface area contributed by atoms with Crippen LogP contribution in [-0.2, 0) is 10.0 Å². The van der Waals surface area contributed by atoms with E-state index in [1.807, 2.05) is 13.8 Å². The minimum Gasteiger partial charge on any atom is -0.508 e. The lowest BCUT2D eigenvalue weighted by Gasteiger charge is -2.24. The standard InChI is InChI=1S/C13H20FNO4S/c1-13(2,4-3-5-16)9-15-20(18,19)12-7-10(14)6-11(17)8-12/h6-8,15-17H,3-5,9H2,1-2H3. The third-order valence-electron chi connectivity index (χ3n) is 2.92. The highest BCUT2D eigenvalue weighted by Crippen LogP contribution is 2.23. The number of phenolic OH excluding ortho intramolecular Hbond substituents is 1. The summed E-state index contributed by atoms with van der Waals surface area (Å²) in [6.07, 6.45) is 1.23. The fourth-order valence-electron chi connectivity index (χ4n) is 1.72. The highest BCUT2D eigenvalue weighted by atomic mass is 32.2. The molecule has 1 aromatic carbocycles. The van der Waals surface area contributed by atoms with Crippen LogP contribution in [0.2, 0.25) is 0 Å². The second-order valence-corrected chi connectivity index (χ2v) is 7.23. The minimum atomic E-state index is -3.88. The van der Waals surface area contributed by atoms with Gasteiger partial charge in [-0.25, -0.2) is 17.5 Å². The maximum absolute atomic E-state index is 13.1. The van der Waals surface area contributed by atoms with Crippen molar-refractivity contribution in [3.63, 3.8) is 0 Å². The predicted molar refractivity (Wildman–Crippen MR) is 73.4 cm³/mol. The van der Waals surface area contributed by atoms with Crippen LogP contribution in [0.15, 0.2) is 23.1 Å². The highest BCUT2D eigenvalue weighted by molar-refractivity contribution is 7.89. The van der Waals surface area contributed by atoms with Crippen molar-refractivity contribution in [2.45, 2.75) is 31.6 Å². The van der Waals surface area contributed by atoms with Crippen molar-refractivity contribution in [3.8, 4) is 5.75 Å². The van der Waals surface area contributed by atoms with Gasteiger partial charge in [0, 0.05) is 25.3 Å². The number of aliphatic hydroxyl groups excluding tert-OH is 1. The van der Waals surface area contributed by atoms with Gasteiger partial charge in [0.15, 0.2) is 0 Å². The number of halogens is 1. The molecule has 0 amide bonds. The van der Waals surface area contributed by atoms with E-state index in [0.29, 0.717) is 12.8 Å². The molecule has 5 nitrogen and oxygen atoms in total. The topological polar surface area (TPSA) is 86.6 Å².